The van der Waals surface area contributed by atoms with Crippen LogP contribution < -0.4 is 5.32 Å². The van der Waals surface area contributed by atoms with Crippen LogP contribution in [0.25, 0.3) is 0 Å². The molecule has 2 rings (SSSR count). The lowest BCUT2D eigenvalue weighted by Gasteiger charge is -2.25. The van der Waals surface area contributed by atoms with Gasteiger partial charge in [0.2, 0.25) is 0 Å². The van der Waals surface area contributed by atoms with E-state index in [-0.39, 0.29) is 0 Å². The first-order valence-corrected chi connectivity index (χ1v) is 7.79. The van der Waals surface area contributed by atoms with Crippen LogP contribution in [0, 0.1) is 12.8 Å². The minimum absolute atomic E-state index is 0.707. The molecule has 0 amide bonds. The van der Waals surface area contributed by atoms with Crippen molar-refractivity contribution in [3.8, 4) is 0 Å². The molecule has 4 heteroatoms. The number of aryl methyl sites for hydroxylation is 3. The van der Waals surface area contributed by atoms with E-state index in [2.05, 4.69) is 24.1 Å². The van der Waals surface area contributed by atoms with Crippen molar-refractivity contribution >= 4 is 0 Å². The van der Waals surface area contributed by atoms with Crippen molar-refractivity contribution < 1.29 is 4.74 Å². The van der Waals surface area contributed by atoms with Crippen molar-refractivity contribution in [2.24, 2.45) is 5.92 Å². The molecule has 0 bridgehead atoms. The second-order valence-corrected chi connectivity index (χ2v) is 5.71. The summed E-state index contributed by atoms with van der Waals surface area (Å²) < 4.78 is 5.06. The number of hydrogen-bond acceptors (Lipinski definition) is 4. The molecule has 20 heavy (non-hydrogen) atoms. The van der Waals surface area contributed by atoms with Gasteiger partial charge in [0.05, 0.1) is 6.61 Å². The van der Waals surface area contributed by atoms with Gasteiger partial charge < -0.3 is 10.1 Å². The molecule has 0 saturated heterocycles. The van der Waals surface area contributed by atoms with E-state index in [1.165, 1.54) is 23.4 Å². The van der Waals surface area contributed by atoms with Crippen molar-refractivity contribution in [3.63, 3.8) is 0 Å². The molecular weight excluding hydrogens is 250 g/mol. The molecule has 1 aliphatic rings. The van der Waals surface area contributed by atoms with Crippen LogP contribution in [0.15, 0.2) is 0 Å². The smallest absolute Gasteiger partial charge is 0.128 e. The van der Waals surface area contributed by atoms with Crippen LogP contribution >= 0.6 is 0 Å². The summed E-state index contributed by atoms with van der Waals surface area (Å²) in [6, 6.07) is 0. The molecule has 1 atom stereocenters. The Kier molecular flexibility index (Phi) is 5.92. The molecule has 4 nitrogen and oxygen atoms in total. The fourth-order valence-electron chi connectivity index (χ4n) is 2.91. The summed E-state index contributed by atoms with van der Waals surface area (Å²) in [7, 11) is 1.74. The Morgan fingerprint density at radius 3 is 2.95 bits per heavy atom. The molecule has 1 N–H and O–H groups in total. The van der Waals surface area contributed by atoms with Crippen LogP contribution in [-0.2, 0) is 24.0 Å². The number of aromatic nitrogens is 2. The molecule has 0 saturated carbocycles. The minimum Gasteiger partial charge on any atom is -0.383 e. The van der Waals surface area contributed by atoms with Gasteiger partial charge in [0, 0.05) is 31.5 Å². The van der Waals surface area contributed by atoms with Gasteiger partial charge in [-0.05, 0) is 50.6 Å². The van der Waals surface area contributed by atoms with E-state index in [1.54, 1.807) is 7.11 Å². The standard InChI is InChI=1S/C16H27N3O/c1-4-5-16-18-12(2)14-10-13(6-7-15(14)19-16)11-17-8-9-20-3/h13,17H,4-11H2,1-3H3. The van der Waals surface area contributed by atoms with Crippen LogP contribution in [-0.4, -0.2) is 36.8 Å². The lowest BCUT2D eigenvalue weighted by molar-refractivity contribution is 0.197. The van der Waals surface area contributed by atoms with Crippen LogP contribution in [0.5, 0.6) is 0 Å². The van der Waals surface area contributed by atoms with E-state index < -0.39 is 0 Å². The van der Waals surface area contributed by atoms with Crippen molar-refractivity contribution in [1.82, 2.24) is 15.3 Å². The van der Waals surface area contributed by atoms with Crippen LogP contribution in [0.4, 0.5) is 0 Å². The zero-order chi connectivity index (χ0) is 14.4. The highest BCUT2D eigenvalue weighted by Gasteiger charge is 2.22. The van der Waals surface area contributed by atoms with Crippen LogP contribution in [0.1, 0.15) is 42.5 Å². The van der Waals surface area contributed by atoms with Gasteiger partial charge in [-0.15, -0.1) is 0 Å². The van der Waals surface area contributed by atoms with Crippen molar-refractivity contribution in [2.45, 2.75) is 46.0 Å². The summed E-state index contributed by atoms with van der Waals surface area (Å²) in [4.78, 5) is 9.43. The lowest BCUT2D eigenvalue weighted by atomic mass is 9.85. The van der Waals surface area contributed by atoms with Crippen LogP contribution in [0.3, 0.4) is 0 Å². The molecule has 1 aromatic heterocycles. The molecule has 1 unspecified atom stereocenters. The third-order valence-electron chi connectivity index (χ3n) is 4.02. The summed E-state index contributed by atoms with van der Waals surface area (Å²) in [6.45, 7) is 7.11. The molecule has 0 spiro atoms. The molecule has 1 aromatic rings. The fourth-order valence-corrected chi connectivity index (χ4v) is 2.91. The number of nitrogens with one attached hydrogen (secondary N) is 1. The Balaban J connectivity index is 1.96. The van der Waals surface area contributed by atoms with Gasteiger partial charge in [0.25, 0.3) is 0 Å². The number of ether oxygens (including phenoxy) is 1. The Morgan fingerprint density at radius 2 is 2.20 bits per heavy atom. The van der Waals surface area contributed by atoms with E-state index in [0.717, 1.165) is 51.2 Å². The van der Waals surface area contributed by atoms with E-state index in [0.29, 0.717) is 5.92 Å². The third kappa shape index (κ3) is 4.00. The maximum Gasteiger partial charge on any atom is 0.128 e. The number of rotatable bonds is 7. The zero-order valence-corrected chi connectivity index (χ0v) is 13.0. The van der Waals surface area contributed by atoms with Gasteiger partial charge in [0.1, 0.15) is 5.82 Å². The summed E-state index contributed by atoms with van der Waals surface area (Å²) in [5, 5.41) is 3.47. The SMILES string of the molecule is CCCc1nc(C)c2c(n1)CCC(CNCCOC)C2. The molecule has 1 aliphatic carbocycles. The first-order valence-electron chi connectivity index (χ1n) is 7.79. The third-order valence-corrected chi connectivity index (χ3v) is 4.02. The summed E-state index contributed by atoms with van der Waals surface area (Å²) in [5.41, 5.74) is 3.89. The average molecular weight is 277 g/mol. The topological polar surface area (TPSA) is 47.0 Å². The minimum atomic E-state index is 0.707. The van der Waals surface area contributed by atoms with E-state index in [4.69, 9.17) is 9.72 Å². The van der Waals surface area contributed by atoms with Crippen molar-refractivity contribution in [3.05, 3.63) is 22.8 Å². The number of hydrogen-bond donors (Lipinski definition) is 1. The molecule has 0 radical (unpaired) electrons. The summed E-state index contributed by atoms with van der Waals surface area (Å²) in [6.07, 6.45) is 5.56. The van der Waals surface area contributed by atoms with Gasteiger partial charge in [-0.1, -0.05) is 6.92 Å². The zero-order valence-electron chi connectivity index (χ0n) is 13.0. The average Bonchev–Trinajstić information content (AvgIpc) is 2.44. The van der Waals surface area contributed by atoms with Crippen LogP contribution in [0.2, 0.25) is 0 Å². The Labute approximate surface area is 122 Å². The highest BCUT2D eigenvalue weighted by molar-refractivity contribution is 5.28. The molecule has 112 valence electrons. The second kappa shape index (κ2) is 7.70. The van der Waals surface area contributed by atoms with E-state index in [9.17, 15) is 0 Å². The first-order chi connectivity index (χ1) is 9.74. The van der Waals surface area contributed by atoms with Crippen molar-refractivity contribution in [1.29, 1.82) is 0 Å². The second-order valence-electron chi connectivity index (χ2n) is 5.71. The normalized spacial score (nSPS) is 18.1. The van der Waals surface area contributed by atoms with Gasteiger partial charge in [-0.3, -0.25) is 0 Å². The number of nitrogens with zero attached hydrogens (tertiary/aromatic N) is 2. The van der Waals surface area contributed by atoms with E-state index >= 15 is 0 Å². The molecular formula is C16H27N3O. The number of fused-ring (bicyclic) bond motifs is 1. The van der Waals surface area contributed by atoms with Gasteiger partial charge >= 0.3 is 0 Å². The Hall–Kier alpha value is -1.00. The van der Waals surface area contributed by atoms with Gasteiger partial charge in [0.15, 0.2) is 0 Å². The quantitative estimate of drug-likeness (QED) is 0.775. The summed E-state index contributed by atoms with van der Waals surface area (Å²) >= 11 is 0. The van der Waals surface area contributed by atoms with Crippen molar-refractivity contribution in [2.75, 3.05) is 26.8 Å². The first kappa shape index (κ1) is 15.4. The van der Waals surface area contributed by atoms with Gasteiger partial charge in [-0.25, -0.2) is 9.97 Å². The fraction of sp³-hybridized carbons (Fsp3) is 0.750. The molecule has 0 aromatic carbocycles. The largest absolute Gasteiger partial charge is 0.383 e. The molecule has 0 aliphatic heterocycles. The lowest BCUT2D eigenvalue weighted by Crippen LogP contribution is -2.30. The molecule has 0 fully saturated rings. The van der Waals surface area contributed by atoms with E-state index in [1.807, 2.05) is 0 Å². The highest BCUT2D eigenvalue weighted by atomic mass is 16.5. The maximum absolute atomic E-state index is 5.06. The monoisotopic (exact) mass is 277 g/mol. The predicted octanol–water partition coefficient (Wildman–Crippen LogP) is 2.08. The highest BCUT2D eigenvalue weighted by Crippen LogP contribution is 2.26. The predicted molar refractivity (Wildman–Crippen MR) is 81.0 cm³/mol. The summed E-state index contributed by atoms with van der Waals surface area (Å²) in [5.74, 6) is 1.74. The Bertz CT molecular complexity index is 434. The number of methoxy groups -OCH3 is 1. The molecule has 1 heterocycles. The maximum atomic E-state index is 5.06. The van der Waals surface area contributed by atoms with Gasteiger partial charge in [-0.2, -0.15) is 0 Å². The Morgan fingerprint density at radius 1 is 1.35 bits per heavy atom.